The van der Waals surface area contributed by atoms with Crippen molar-refractivity contribution in [2.24, 2.45) is 7.05 Å². The average molecular weight is 382 g/mol. The van der Waals surface area contributed by atoms with E-state index in [0.29, 0.717) is 23.9 Å². The van der Waals surface area contributed by atoms with Crippen LogP contribution in [0.4, 0.5) is 5.95 Å². The molecular weight excluding hydrogens is 364 g/mol. The molecular formula is C22H18N6O. The molecule has 1 aromatic carbocycles. The first-order valence-electron chi connectivity index (χ1n) is 9.26. The van der Waals surface area contributed by atoms with Gasteiger partial charge in [-0.25, -0.2) is 15.0 Å². The second-order valence-corrected chi connectivity index (χ2v) is 6.58. The number of anilines is 1. The van der Waals surface area contributed by atoms with Crippen LogP contribution in [0.1, 0.15) is 5.82 Å². The highest BCUT2D eigenvalue weighted by Gasteiger charge is 2.15. The fourth-order valence-corrected chi connectivity index (χ4v) is 3.29. The summed E-state index contributed by atoms with van der Waals surface area (Å²) in [5.74, 6) is 2.07. The molecule has 7 heteroatoms. The summed E-state index contributed by atoms with van der Waals surface area (Å²) >= 11 is 0. The van der Waals surface area contributed by atoms with E-state index in [1.165, 1.54) is 0 Å². The van der Waals surface area contributed by atoms with E-state index in [0.717, 1.165) is 28.1 Å². The third kappa shape index (κ3) is 3.23. The first-order chi connectivity index (χ1) is 14.3. The van der Waals surface area contributed by atoms with Crippen LogP contribution in [0.3, 0.4) is 0 Å². The zero-order valence-corrected chi connectivity index (χ0v) is 15.8. The van der Waals surface area contributed by atoms with Crippen LogP contribution in [0.15, 0.2) is 77.7 Å². The molecule has 29 heavy (non-hydrogen) atoms. The number of hydrogen-bond acceptors (Lipinski definition) is 6. The smallest absolute Gasteiger partial charge is 0.223 e. The van der Waals surface area contributed by atoms with Crippen molar-refractivity contribution in [3.8, 4) is 22.7 Å². The predicted octanol–water partition coefficient (Wildman–Crippen LogP) is 4.30. The molecule has 0 saturated carbocycles. The van der Waals surface area contributed by atoms with Gasteiger partial charge in [-0.3, -0.25) is 4.98 Å². The van der Waals surface area contributed by atoms with Crippen molar-refractivity contribution < 1.29 is 4.42 Å². The number of fused-ring (bicyclic) bond motifs is 1. The van der Waals surface area contributed by atoms with Gasteiger partial charge in [0.05, 0.1) is 29.5 Å². The van der Waals surface area contributed by atoms with Crippen LogP contribution >= 0.6 is 0 Å². The normalized spacial score (nSPS) is 11.1. The highest BCUT2D eigenvalue weighted by atomic mass is 16.3. The molecule has 0 fully saturated rings. The Morgan fingerprint density at radius 1 is 0.966 bits per heavy atom. The fraction of sp³-hybridized carbons (Fsp3) is 0.0909. The van der Waals surface area contributed by atoms with Gasteiger partial charge in [0, 0.05) is 25.0 Å². The largest absolute Gasteiger partial charge is 0.463 e. The van der Waals surface area contributed by atoms with Gasteiger partial charge in [-0.1, -0.05) is 18.2 Å². The molecule has 0 amide bonds. The molecule has 4 heterocycles. The molecule has 0 unspecified atom stereocenters. The van der Waals surface area contributed by atoms with E-state index < -0.39 is 0 Å². The van der Waals surface area contributed by atoms with Crippen LogP contribution in [0, 0.1) is 0 Å². The van der Waals surface area contributed by atoms with E-state index in [-0.39, 0.29) is 0 Å². The van der Waals surface area contributed by atoms with Crippen molar-refractivity contribution in [1.82, 2.24) is 24.5 Å². The minimum Gasteiger partial charge on any atom is -0.463 e. The Labute approximate surface area is 167 Å². The summed E-state index contributed by atoms with van der Waals surface area (Å²) in [5.41, 5.74) is 4.35. The van der Waals surface area contributed by atoms with Gasteiger partial charge in [0.2, 0.25) is 5.95 Å². The number of para-hydroxylation sites is 2. The van der Waals surface area contributed by atoms with Crippen molar-refractivity contribution in [3.05, 3.63) is 79.1 Å². The summed E-state index contributed by atoms with van der Waals surface area (Å²) in [7, 11) is 2.01. The molecule has 0 spiro atoms. The number of pyridine rings is 1. The lowest BCUT2D eigenvalue weighted by molar-refractivity contribution is 0.580. The minimum absolute atomic E-state index is 0.503. The molecule has 0 aliphatic rings. The number of hydrogen-bond donors (Lipinski definition) is 1. The summed E-state index contributed by atoms with van der Waals surface area (Å²) in [6.07, 6.45) is 5.15. The summed E-state index contributed by atoms with van der Waals surface area (Å²) in [5, 5.41) is 3.28. The SMILES string of the molecule is Cn1c(CNc2ncc(-c3ccccn3)c(-c3ccco3)n2)nc2ccccc21. The number of nitrogens with one attached hydrogen (secondary N) is 1. The lowest BCUT2D eigenvalue weighted by Crippen LogP contribution is -2.09. The summed E-state index contributed by atoms with van der Waals surface area (Å²) in [6, 6.07) is 17.5. The van der Waals surface area contributed by atoms with Crippen LogP contribution in [0.5, 0.6) is 0 Å². The molecule has 0 bridgehead atoms. The maximum absolute atomic E-state index is 5.60. The molecule has 0 aliphatic carbocycles. The topological polar surface area (TPSA) is 81.7 Å². The van der Waals surface area contributed by atoms with E-state index in [9.17, 15) is 0 Å². The molecule has 5 rings (SSSR count). The first-order valence-corrected chi connectivity index (χ1v) is 9.26. The Morgan fingerprint density at radius 3 is 2.66 bits per heavy atom. The van der Waals surface area contributed by atoms with Gasteiger partial charge in [0.25, 0.3) is 0 Å². The van der Waals surface area contributed by atoms with Gasteiger partial charge in [0.1, 0.15) is 11.5 Å². The van der Waals surface area contributed by atoms with Crippen molar-refractivity contribution >= 4 is 17.0 Å². The number of aromatic nitrogens is 5. The standard InChI is InChI=1S/C22H18N6O/c1-28-18-9-3-2-8-17(18)26-20(28)14-25-22-24-13-15(16-7-4-5-11-23-16)21(27-22)19-10-6-12-29-19/h2-13H,14H2,1H3,(H,24,25,27). The van der Waals surface area contributed by atoms with E-state index in [4.69, 9.17) is 9.40 Å². The van der Waals surface area contributed by atoms with E-state index in [1.807, 2.05) is 55.6 Å². The van der Waals surface area contributed by atoms with Gasteiger partial charge in [-0.2, -0.15) is 0 Å². The summed E-state index contributed by atoms with van der Waals surface area (Å²) < 4.78 is 7.66. The van der Waals surface area contributed by atoms with Gasteiger partial charge in [-0.15, -0.1) is 0 Å². The molecule has 0 aliphatic heterocycles. The van der Waals surface area contributed by atoms with Crippen LogP contribution in [-0.4, -0.2) is 24.5 Å². The molecule has 142 valence electrons. The average Bonchev–Trinajstić information content (AvgIpc) is 3.42. The molecule has 5 aromatic rings. The van der Waals surface area contributed by atoms with E-state index in [2.05, 4.69) is 30.9 Å². The number of rotatable bonds is 5. The third-order valence-electron chi connectivity index (χ3n) is 4.77. The Balaban J connectivity index is 1.48. The maximum Gasteiger partial charge on any atom is 0.223 e. The number of nitrogens with zero attached hydrogens (tertiary/aromatic N) is 5. The number of aryl methyl sites for hydroxylation is 1. The van der Waals surface area contributed by atoms with Crippen LogP contribution in [0.25, 0.3) is 33.7 Å². The maximum atomic E-state index is 5.60. The van der Waals surface area contributed by atoms with Crippen LogP contribution < -0.4 is 5.32 Å². The van der Waals surface area contributed by atoms with Crippen molar-refractivity contribution in [2.45, 2.75) is 6.54 Å². The van der Waals surface area contributed by atoms with Crippen LogP contribution in [0.2, 0.25) is 0 Å². The molecule has 7 nitrogen and oxygen atoms in total. The molecule has 0 atom stereocenters. The first kappa shape index (κ1) is 17.1. The number of furan rings is 1. The predicted molar refractivity (Wildman–Crippen MR) is 111 cm³/mol. The Kier molecular flexibility index (Phi) is 4.25. The monoisotopic (exact) mass is 382 g/mol. The van der Waals surface area contributed by atoms with E-state index >= 15 is 0 Å². The quantitative estimate of drug-likeness (QED) is 0.488. The van der Waals surface area contributed by atoms with Gasteiger partial charge < -0.3 is 14.3 Å². The minimum atomic E-state index is 0.503. The highest BCUT2D eigenvalue weighted by molar-refractivity contribution is 5.77. The van der Waals surface area contributed by atoms with Crippen molar-refractivity contribution in [1.29, 1.82) is 0 Å². The lowest BCUT2D eigenvalue weighted by atomic mass is 10.1. The van der Waals surface area contributed by atoms with Crippen molar-refractivity contribution in [3.63, 3.8) is 0 Å². The Bertz CT molecular complexity index is 1260. The van der Waals surface area contributed by atoms with E-state index in [1.54, 1.807) is 18.7 Å². The van der Waals surface area contributed by atoms with Gasteiger partial charge >= 0.3 is 0 Å². The highest BCUT2D eigenvalue weighted by Crippen LogP contribution is 2.30. The van der Waals surface area contributed by atoms with Gasteiger partial charge in [-0.05, 0) is 36.4 Å². The second kappa shape index (κ2) is 7.20. The fourth-order valence-electron chi connectivity index (χ4n) is 3.29. The third-order valence-corrected chi connectivity index (χ3v) is 4.77. The molecule has 0 saturated heterocycles. The van der Waals surface area contributed by atoms with Crippen LogP contribution in [-0.2, 0) is 13.6 Å². The molecule has 4 aromatic heterocycles. The Morgan fingerprint density at radius 2 is 1.86 bits per heavy atom. The lowest BCUT2D eigenvalue weighted by Gasteiger charge is -2.10. The number of benzene rings is 1. The second-order valence-electron chi connectivity index (χ2n) is 6.58. The zero-order valence-electron chi connectivity index (χ0n) is 15.8. The zero-order chi connectivity index (χ0) is 19.6. The Hall–Kier alpha value is -4.00. The summed E-state index contributed by atoms with van der Waals surface area (Å²) in [4.78, 5) is 18.3. The molecule has 1 N–H and O–H groups in total. The van der Waals surface area contributed by atoms with Gasteiger partial charge in [0.15, 0.2) is 5.76 Å². The van der Waals surface area contributed by atoms with Crippen molar-refractivity contribution in [2.75, 3.05) is 5.32 Å². The number of imidazole rings is 1. The summed E-state index contributed by atoms with van der Waals surface area (Å²) in [6.45, 7) is 0.506. The molecule has 0 radical (unpaired) electrons.